The van der Waals surface area contributed by atoms with Crippen molar-refractivity contribution in [1.82, 2.24) is 4.98 Å². The number of halogens is 3. The molecule has 2 N–H and O–H groups in total. The number of thioether (sulfide) groups is 1. The van der Waals surface area contributed by atoms with Crippen molar-refractivity contribution in [2.45, 2.75) is 16.2 Å². The Morgan fingerprint density at radius 2 is 1.56 bits per heavy atom. The number of carbonyl (C=O) groups is 3. The van der Waals surface area contributed by atoms with Crippen LogP contribution >= 0.6 is 57.9 Å². The zero-order chi connectivity index (χ0) is 28.8. The van der Waals surface area contributed by atoms with E-state index in [1.165, 1.54) is 0 Å². The van der Waals surface area contributed by atoms with Gasteiger partial charge in [0.15, 0.2) is 6.61 Å². The Kier molecular flexibility index (Phi) is 7.60. The number of aromatic amines is 1. The van der Waals surface area contributed by atoms with Crippen LogP contribution in [0.1, 0.15) is 16.4 Å². The lowest BCUT2D eigenvalue weighted by atomic mass is 9.82. The third kappa shape index (κ3) is 5.38. The van der Waals surface area contributed by atoms with Crippen molar-refractivity contribution in [3.05, 3.63) is 102 Å². The zero-order valence-corrected chi connectivity index (χ0v) is 24.6. The molecule has 1 aromatic heterocycles. The predicted octanol–water partition coefficient (Wildman–Crippen LogP) is 6.21. The molecule has 0 bridgehead atoms. The molecule has 1 saturated heterocycles. The Labute approximate surface area is 256 Å². The molecule has 3 aromatic carbocycles. The Hall–Kier alpha value is -3.28. The van der Waals surface area contributed by atoms with Crippen molar-refractivity contribution < 1.29 is 19.1 Å². The minimum absolute atomic E-state index is 0.299. The quantitative estimate of drug-likeness (QED) is 0.241. The van der Waals surface area contributed by atoms with E-state index in [1.54, 1.807) is 66.7 Å². The molecule has 0 unspecified atom stereocenters. The third-order valence-corrected chi connectivity index (χ3v) is 9.84. The number of carbonyl (C=O) groups excluding carboxylic acids is 3. The van der Waals surface area contributed by atoms with E-state index in [0.29, 0.717) is 47.7 Å². The minimum Gasteiger partial charge on any atom is -0.483 e. The molecule has 1 fully saturated rings. The molecule has 6 rings (SSSR count). The SMILES string of the molecule is O=C(COc1ccc(Cl)cc1[C@@H]1c2sc(=O)[nH]c2S[C@H]2C(=O)N(c3ccc(Cl)cc3)C(=O)[C@@H]12)Nc1ccc(Cl)cc1. The molecule has 13 heteroatoms. The third-order valence-electron chi connectivity index (χ3n) is 6.70. The van der Waals surface area contributed by atoms with Gasteiger partial charge in [0.25, 0.3) is 5.91 Å². The molecule has 8 nitrogen and oxygen atoms in total. The molecule has 0 aliphatic carbocycles. The van der Waals surface area contributed by atoms with Gasteiger partial charge in [0, 0.05) is 37.1 Å². The van der Waals surface area contributed by atoms with Crippen molar-refractivity contribution in [1.29, 1.82) is 0 Å². The number of hydrogen-bond acceptors (Lipinski definition) is 7. The largest absolute Gasteiger partial charge is 0.483 e. The van der Waals surface area contributed by atoms with Crippen molar-refractivity contribution >= 4 is 87.0 Å². The highest BCUT2D eigenvalue weighted by atomic mass is 35.5. The van der Waals surface area contributed by atoms with Gasteiger partial charge in [0.05, 0.1) is 16.6 Å². The van der Waals surface area contributed by atoms with Crippen molar-refractivity contribution in [2.75, 3.05) is 16.8 Å². The summed E-state index contributed by atoms with van der Waals surface area (Å²) in [6, 6.07) is 17.9. The summed E-state index contributed by atoms with van der Waals surface area (Å²) in [6.45, 7) is -0.340. The average molecular weight is 647 g/mol. The van der Waals surface area contributed by atoms with Crippen LogP contribution in [0.5, 0.6) is 5.75 Å². The van der Waals surface area contributed by atoms with E-state index in [4.69, 9.17) is 39.5 Å². The Balaban J connectivity index is 1.36. The summed E-state index contributed by atoms with van der Waals surface area (Å²) < 4.78 is 5.95. The van der Waals surface area contributed by atoms with Crippen LogP contribution in [-0.4, -0.2) is 34.6 Å². The fraction of sp³-hybridized carbons (Fsp3) is 0.143. The van der Waals surface area contributed by atoms with Crippen molar-refractivity contribution in [2.24, 2.45) is 5.92 Å². The Morgan fingerprint density at radius 3 is 2.27 bits per heavy atom. The smallest absolute Gasteiger partial charge is 0.305 e. The van der Waals surface area contributed by atoms with Crippen LogP contribution < -0.4 is 19.8 Å². The Bertz CT molecular complexity index is 1740. The Morgan fingerprint density at radius 1 is 0.902 bits per heavy atom. The summed E-state index contributed by atoms with van der Waals surface area (Å²) in [5, 5.41) is 3.81. The number of benzene rings is 3. The number of rotatable bonds is 6. The lowest BCUT2D eigenvalue weighted by Gasteiger charge is -2.31. The van der Waals surface area contributed by atoms with E-state index >= 15 is 0 Å². The fourth-order valence-electron chi connectivity index (χ4n) is 4.96. The van der Waals surface area contributed by atoms with E-state index in [0.717, 1.165) is 28.0 Å². The molecular formula is C28H18Cl3N3O5S2. The molecule has 3 heterocycles. The van der Waals surface area contributed by atoms with Gasteiger partial charge in [-0.3, -0.25) is 19.2 Å². The van der Waals surface area contributed by atoms with Gasteiger partial charge in [-0.05, 0) is 66.7 Å². The number of nitrogens with one attached hydrogen (secondary N) is 2. The number of amides is 3. The van der Waals surface area contributed by atoms with Crippen molar-refractivity contribution in [3.63, 3.8) is 0 Å². The first kappa shape index (κ1) is 27.9. The van der Waals surface area contributed by atoms with E-state index < -0.39 is 34.8 Å². The summed E-state index contributed by atoms with van der Waals surface area (Å²) in [6.07, 6.45) is 0. The number of ether oxygens (including phenoxy) is 1. The highest BCUT2D eigenvalue weighted by Crippen LogP contribution is 2.54. The normalized spacial score (nSPS) is 19.6. The highest BCUT2D eigenvalue weighted by molar-refractivity contribution is 8.00. The molecule has 3 amide bonds. The van der Waals surface area contributed by atoms with Crippen LogP contribution in [0.15, 0.2) is 76.6 Å². The molecule has 0 spiro atoms. The molecule has 208 valence electrons. The van der Waals surface area contributed by atoms with Gasteiger partial charge in [-0.1, -0.05) is 57.9 Å². The van der Waals surface area contributed by atoms with E-state index in [2.05, 4.69) is 10.3 Å². The number of thiazole rings is 1. The number of fused-ring (bicyclic) bond motifs is 2. The fourth-order valence-corrected chi connectivity index (χ4v) is 7.90. The summed E-state index contributed by atoms with van der Waals surface area (Å²) >= 11 is 20.5. The van der Waals surface area contributed by atoms with Crippen LogP contribution in [0, 0.1) is 5.92 Å². The second kappa shape index (κ2) is 11.2. The molecular weight excluding hydrogens is 629 g/mol. The maximum Gasteiger partial charge on any atom is 0.305 e. The van der Waals surface area contributed by atoms with Crippen LogP contribution in [0.3, 0.4) is 0 Å². The predicted molar refractivity (Wildman–Crippen MR) is 161 cm³/mol. The first-order chi connectivity index (χ1) is 19.7. The maximum atomic E-state index is 14.0. The summed E-state index contributed by atoms with van der Waals surface area (Å²) in [5.41, 5.74) is 1.43. The van der Waals surface area contributed by atoms with Crippen LogP contribution in [0.4, 0.5) is 11.4 Å². The lowest BCUT2D eigenvalue weighted by molar-refractivity contribution is -0.122. The van der Waals surface area contributed by atoms with Gasteiger partial charge in [0.1, 0.15) is 11.0 Å². The number of imide groups is 1. The number of hydrogen-bond donors (Lipinski definition) is 2. The molecule has 3 atom stereocenters. The first-order valence-corrected chi connectivity index (χ1v) is 15.0. The number of nitrogens with zero attached hydrogens (tertiary/aromatic N) is 1. The lowest BCUT2D eigenvalue weighted by Crippen LogP contribution is -2.32. The van der Waals surface area contributed by atoms with E-state index in [-0.39, 0.29) is 11.5 Å². The zero-order valence-electron chi connectivity index (χ0n) is 20.7. The van der Waals surface area contributed by atoms with Gasteiger partial charge >= 0.3 is 4.87 Å². The van der Waals surface area contributed by atoms with Gasteiger partial charge in [-0.2, -0.15) is 0 Å². The second-order valence-electron chi connectivity index (χ2n) is 9.26. The average Bonchev–Trinajstić information content (AvgIpc) is 3.44. The second-order valence-corrected chi connectivity index (χ2v) is 12.7. The summed E-state index contributed by atoms with van der Waals surface area (Å²) in [4.78, 5) is 56.9. The molecule has 2 aliphatic heterocycles. The monoisotopic (exact) mass is 645 g/mol. The standard InChI is InChI=1S/C28H18Cl3N3O5S2/c29-13-1-6-16(7-2-13)32-20(35)12-39-19-10-5-15(31)11-18(19)21-22-24(40-25-23(21)41-28(38)33-25)27(37)34(26(22)36)17-8-3-14(30)4-9-17/h1-11,21-22,24H,12H2,(H,32,35)(H,33,38)/t21-,22-,24+/m0/s1. The van der Waals surface area contributed by atoms with Crippen LogP contribution in [-0.2, 0) is 14.4 Å². The minimum atomic E-state index is -0.856. The maximum absolute atomic E-state index is 14.0. The summed E-state index contributed by atoms with van der Waals surface area (Å²) in [7, 11) is 0. The van der Waals surface area contributed by atoms with Crippen molar-refractivity contribution in [3.8, 4) is 5.75 Å². The molecule has 0 radical (unpaired) electrons. The van der Waals surface area contributed by atoms with Gasteiger partial charge in [-0.15, -0.1) is 0 Å². The van der Waals surface area contributed by atoms with Gasteiger partial charge in [0.2, 0.25) is 11.8 Å². The van der Waals surface area contributed by atoms with Gasteiger partial charge in [-0.25, -0.2) is 4.90 Å². The van der Waals surface area contributed by atoms with E-state index in [9.17, 15) is 19.2 Å². The topological polar surface area (TPSA) is 109 Å². The molecule has 2 aliphatic rings. The molecule has 41 heavy (non-hydrogen) atoms. The molecule has 0 saturated carbocycles. The number of H-pyrrole nitrogens is 1. The van der Waals surface area contributed by atoms with Crippen LogP contribution in [0.2, 0.25) is 15.1 Å². The highest BCUT2D eigenvalue weighted by Gasteiger charge is 2.56. The number of anilines is 2. The van der Waals surface area contributed by atoms with E-state index in [1.807, 2.05) is 0 Å². The molecule has 4 aromatic rings. The number of aromatic nitrogens is 1. The first-order valence-electron chi connectivity index (χ1n) is 12.2. The van der Waals surface area contributed by atoms with Gasteiger partial charge < -0.3 is 15.0 Å². The summed E-state index contributed by atoms with van der Waals surface area (Å²) in [5.74, 6) is -2.53. The van der Waals surface area contributed by atoms with Crippen LogP contribution in [0.25, 0.3) is 0 Å².